The van der Waals surface area contributed by atoms with Gasteiger partial charge in [-0.1, -0.05) is 106 Å². The molecule has 4 aromatic rings. The highest BCUT2D eigenvalue weighted by Gasteiger charge is 2.21. The van der Waals surface area contributed by atoms with Crippen LogP contribution in [0.15, 0.2) is 70.6 Å². The predicted octanol–water partition coefficient (Wildman–Crippen LogP) is 10.6. The van der Waals surface area contributed by atoms with Gasteiger partial charge in [-0.15, -0.1) is 0 Å². The van der Waals surface area contributed by atoms with Crippen LogP contribution in [0, 0.1) is 0 Å². The first-order valence-electron chi connectivity index (χ1n) is 14.9. The Balaban J connectivity index is 1.87. The second-order valence-corrected chi connectivity index (χ2v) is 14.0. The highest BCUT2D eigenvalue weighted by atomic mass is 16.3. The van der Waals surface area contributed by atoms with Crippen molar-refractivity contribution in [3.63, 3.8) is 0 Å². The summed E-state index contributed by atoms with van der Waals surface area (Å²) in [4.78, 5) is 9.77. The molecule has 2 N–H and O–H groups in total. The van der Waals surface area contributed by atoms with Gasteiger partial charge in [0.25, 0.3) is 0 Å². The van der Waals surface area contributed by atoms with E-state index < -0.39 is 0 Å². The third-order valence-corrected chi connectivity index (χ3v) is 7.84. The molecule has 0 aliphatic rings. The van der Waals surface area contributed by atoms with Crippen LogP contribution in [0.4, 0.5) is 11.4 Å². The molecule has 0 unspecified atom stereocenters. The summed E-state index contributed by atoms with van der Waals surface area (Å²) in [5.41, 5.74) is 6.73. The Labute approximate surface area is 251 Å². The largest absolute Gasteiger partial charge is 0.507 e. The molecule has 0 aromatic heterocycles. The molecule has 4 aromatic carbocycles. The zero-order valence-electron chi connectivity index (χ0n) is 26.9. The topological polar surface area (TPSA) is 65.2 Å². The molecule has 0 saturated carbocycles. The molecule has 0 fully saturated rings. The molecule has 4 nitrogen and oxygen atoms in total. The highest BCUT2D eigenvalue weighted by molar-refractivity contribution is 5.96. The number of nitrogens with zero attached hydrogens (tertiary/aromatic N) is 2. The molecule has 0 saturated heterocycles. The molecule has 0 aliphatic heterocycles. The first-order chi connectivity index (χ1) is 19.6. The standard InChI is InChI=1S/C38H46N2O2/c1-23(2)31-19-29(37(5,6)7)15-27(35(31)41)21-39-33-17-25-13-11-12-14-26(25)18-34(33)40-22-28-16-30(38(8,9)10)20-32(24(3)4)36(28)42/h11-24,41-42H,1-10H3. The van der Waals surface area contributed by atoms with E-state index in [1.807, 2.05) is 36.4 Å². The number of aromatic hydroxyl groups is 2. The van der Waals surface area contributed by atoms with Crippen molar-refractivity contribution < 1.29 is 10.2 Å². The molecule has 0 heterocycles. The van der Waals surface area contributed by atoms with E-state index in [1.54, 1.807) is 12.4 Å². The van der Waals surface area contributed by atoms with Crippen LogP contribution in [0.25, 0.3) is 10.8 Å². The van der Waals surface area contributed by atoms with Crippen LogP contribution in [-0.2, 0) is 10.8 Å². The molecule has 0 atom stereocenters. The van der Waals surface area contributed by atoms with Crippen LogP contribution in [0.1, 0.15) is 114 Å². The van der Waals surface area contributed by atoms with E-state index in [1.165, 1.54) is 0 Å². The Hall–Kier alpha value is -3.92. The van der Waals surface area contributed by atoms with E-state index >= 15 is 0 Å². The molecule has 4 rings (SSSR count). The molecule has 42 heavy (non-hydrogen) atoms. The lowest BCUT2D eigenvalue weighted by Gasteiger charge is -2.23. The Morgan fingerprint density at radius 2 is 0.929 bits per heavy atom. The van der Waals surface area contributed by atoms with Crippen LogP contribution in [0.2, 0.25) is 0 Å². The number of benzene rings is 4. The number of aliphatic imine (C=N–C) groups is 2. The zero-order chi connectivity index (χ0) is 31.0. The van der Waals surface area contributed by atoms with Crippen LogP contribution < -0.4 is 0 Å². The minimum absolute atomic E-state index is 0.0727. The van der Waals surface area contributed by atoms with Crippen molar-refractivity contribution in [2.24, 2.45) is 9.98 Å². The van der Waals surface area contributed by atoms with Gasteiger partial charge in [0.15, 0.2) is 0 Å². The van der Waals surface area contributed by atoms with E-state index in [9.17, 15) is 10.2 Å². The molecule has 0 aliphatic carbocycles. The number of phenolic OH excluding ortho intramolecular Hbond substituents is 2. The van der Waals surface area contributed by atoms with Gasteiger partial charge in [0, 0.05) is 23.6 Å². The summed E-state index contributed by atoms with van der Waals surface area (Å²) >= 11 is 0. The van der Waals surface area contributed by atoms with Crippen molar-refractivity contribution in [1.29, 1.82) is 0 Å². The Morgan fingerprint density at radius 1 is 0.571 bits per heavy atom. The Morgan fingerprint density at radius 3 is 1.24 bits per heavy atom. The minimum atomic E-state index is -0.0727. The van der Waals surface area contributed by atoms with E-state index in [0.29, 0.717) is 22.5 Å². The highest BCUT2D eigenvalue weighted by Crippen LogP contribution is 2.38. The maximum atomic E-state index is 11.2. The lowest BCUT2D eigenvalue weighted by Crippen LogP contribution is -2.12. The van der Waals surface area contributed by atoms with Crippen LogP contribution in [0.3, 0.4) is 0 Å². The fourth-order valence-corrected chi connectivity index (χ4v) is 5.00. The average molecular weight is 563 g/mol. The molecular weight excluding hydrogens is 516 g/mol. The van der Waals surface area contributed by atoms with Crippen molar-refractivity contribution >= 4 is 34.6 Å². The van der Waals surface area contributed by atoms with Crippen LogP contribution >= 0.6 is 0 Å². The van der Waals surface area contributed by atoms with E-state index in [-0.39, 0.29) is 34.2 Å². The Bertz CT molecular complexity index is 1540. The van der Waals surface area contributed by atoms with Crippen molar-refractivity contribution in [3.05, 3.63) is 94.0 Å². The summed E-state index contributed by atoms with van der Waals surface area (Å²) < 4.78 is 0. The average Bonchev–Trinajstić information content (AvgIpc) is 2.90. The fraction of sp³-hybridized carbons (Fsp3) is 0.368. The quantitative estimate of drug-likeness (QED) is 0.230. The lowest BCUT2D eigenvalue weighted by atomic mass is 9.83. The van der Waals surface area contributed by atoms with Gasteiger partial charge in [0.1, 0.15) is 11.5 Å². The van der Waals surface area contributed by atoms with Crippen molar-refractivity contribution in [2.45, 2.75) is 91.9 Å². The van der Waals surface area contributed by atoms with Gasteiger partial charge in [-0.3, -0.25) is 9.98 Å². The zero-order valence-corrected chi connectivity index (χ0v) is 26.9. The summed E-state index contributed by atoms with van der Waals surface area (Å²) in [6.45, 7) is 21.4. The summed E-state index contributed by atoms with van der Waals surface area (Å²) in [7, 11) is 0. The summed E-state index contributed by atoms with van der Waals surface area (Å²) in [5, 5.41) is 24.4. The van der Waals surface area contributed by atoms with E-state index in [2.05, 4.69) is 93.5 Å². The maximum Gasteiger partial charge on any atom is 0.127 e. The van der Waals surface area contributed by atoms with Gasteiger partial charge in [-0.25, -0.2) is 0 Å². The summed E-state index contributed by atoms with van der Waals surface area (Å²) in [6.07, 6.45) is 3.49. The van der Waals surface area contributed by atoms with Crippen LogP contribution in [0.5, 0.6) is 11.5 Å². The third kappa shape index (κ3) is 6.75. The third-order valence-electron chi connectivity index (χ3n) is 7.84. The van der Waals surface area contributed by atoms with Crippen LogP contribution in [-0.4, -0.2) is 22.6 Å². The van der Waals surface area contributed by atoms with Gasteiger partial charge in [0.2, 0.25) is 0 Å². The minimum Gasteiger partial charge on any atom is -0.507 e. The molecule has 0 amide bonds. The van der Waals surface area contributed by atoms with Gasteiger partial charge >= 0.3 is 0 Å². The smallest absolute Gasteiger partial charge is 0.127 e. The number of fused-ring (bicyclic) bond motifs is 1. The number of hydrogen-bond donors (Lipinski definition) is 2. The van der Waals surface area contributed by atoms with Crippen molar-refractivity contribution in [3.8, 4) is 11.5 Å². The lowest BCUT2D eigenvalue weighted by molar-refractivity contribution is 0.461. The van der Waals surface area contributed by atoms with Gasteiger partial charge in [-0.2, -0.15) is 0 Å². The first-order valence-corrected chi connectivity index (χ1v) is 14.9. The van der Waals surface area contributed by atoms with E-state index in [0.717, 1.165) is 33.0 Å². The van der Waals surface area contributed by atoms with Gasteiger partial charge < -0.3 is 10.2 Å². The van der Waals surface area contributed by atoms with Gasteiger partial charge in [-0.05, 0) is 80.0 Å². The maximum absolute atomic E-state index is 11.2. The van der Waals surface area contributed by atoms with E-state index in [4.69, 9.17) is 9.98 Å². The second kappa shape index (κ2) is 11.8. The predicted molar refractivity (Wildman–Crippen MR) is 180 cm³/mol. The molecule has 0 radical (unpaired) electrons. The van der Waals surface area contributed by atoms with Crippen molar-refractivity contribution in [2.75, 3.05) is 0 Å². The first kappa shape index (κ1) is 31.0. The Kier molecular flexibility index (Phi) is 8.68. The molecule has 0 spiro atoms. The normalized spacial score (nSPS) is 13.0. The summed E-state index contributed by atoms with van der Waals surface area (Å²) in [5.74, 6) is 0.871. The van der Waals surface area contributed by atoms with Gasteiger partial charge in [0.05, 0.1) is 11.4 Å². The monoisotopic (exact) mass is 562 g/mol. The number of hydrogen-bond acceptors (Lipinski definition) is 4. The van der Waals surface area contributed by atoms with Crippen molar-refractivity contribution in [1.82, 2.24) is 0 Å². The molecule has 4 heteroatoms. The summed E-state index contributed by atoms with van der Waals surface area (Å²) in [6, 6.07) is 20.4. The molecule has 0 bridgehead atoms. The second-order valence-electron chi connectivity index (χ2n) is 14.0. The number of phenols is 2. The molecular formula is C38H46N2O2. The fourth-order valence-electron chi connectivity index (χ4n) is 5.00. The molecule has 220 valence electrons. The number of rotatable bonds is 6. The SMILES string of the molecule is CC(C)c1cc(C(C)(C)C)cc(C=Nc2cc3ccccc3cc2N=Cc2cc(C(C)(C)C)cc(C(C)C)c2O)c1O.